The van der Waals surface area contributed by atoms with Crippen LogP contribution in [0.1, 0.15) is 71.4 Å². The Hall–Kier alpha value is -5.20. The van der Waals surface area contributed by atoms with E-state index in [0.717, 1.165) is 43.5 Å². The fourth-order valence-electron chi connectivity index (χ4n) is 5.11. The average Bonchev–Trinajstić information content (AvgIpc) is 3.74. The molecule has 0 aliphatic rings. The van der Waals surface area contributed by atoms with Gasteiger partial charge in [0.2, 0.25) is 0 Å². The second-order valence-electron chi connectivity index (χ2n) is 10.8. The topological polar surface area (TPSA) is 52.7 Å². The van der Waals surface area contributed by atoms with Crippen LogP contribution in [0, 0.1) is 12.7 Å². The molecule has 0 spiro atoms. The van der Waals surface area contributed by atoms with Crippen LogP contribution in [0.5, 0.6) is 0 Å². The zero-order chi connectivity index (χ0) is 35.4. The van der Waals surface area contributed by atoms with E-state index in [1.54, 1.807) is 36.6 Å². The van der Waals surface area contributed by atoms with Crippen LogP contribution in [0.2, 0.25) is 0 Å². The van der Waals surface area contributed by atoms with E-state index < -0.39 is 5.82 Å². The average molecular weight is 659 g/mol. The van der Waals surface area contributed by atoms with Gasteiger partial charge in [0, 0.05) is 68.3 Å². The number of allylic oxidation sites excluding steroid dienone is 8. The number of rotatable bonds is 14. The van der Waals surface area contributed by atoms with Gasteiger partial charge in [0.25, 0.3) is 0 Å². The lowest BCUT2D eigenvalue weighted by Crippen LogP contribution is -2.12. The van der Waals surface area contributed by atoms with Gasteiger partial charge in [-0.25, -0.2) is 9.37 Å². The van der Waals surface area contributed by atoms with Gasteiger partial charge >= 0.3 is 0 Å². The van der Waals surface area contributed by atoms with Crippen molar-refractivity contribution in [1.29, 1.82) is 0 Å². The van der Waals surface area contributed by atoms with E-state index in [4.69, 9.17) is 4.98 Å². The largest absolute Gasteiger partial charge is 0.388 e. The molecule has 0 amide bonds. The quantitative estimate of drug-likeness (QED) is 0.118. The molecule has 0 unspecified atom stereocenters. The highest BCUT2D eigenvalue weighted by Crippen LogP contribution is 2.37. The number of hydrogen-bond donors (Lipinski definition) is 3. The molecule has 3 N–H and O–H groups in total. The van der Waals surface area contributed by atoms with Crippen LogP contribution in [-0.2, 0) is 6.42 Å². The zero-order valence-electron chi connectivity index (χ0n) is 29.1. The molecule has 248 valence electrons. The number of aryl methyl sites for hydroxylation is 1. The molecule has 48 heavy (non-hydrogen) atoms. The van der Waals surface area contributed by atoms with Crippen LogP contribution in [0.25, 0.3) is 22.3 Å². The summed E-state index contributed by atoms with van der Waals surface area (Å²) >= 11 is 1.64. The molecule has 0 saturated carbocycles. The molecule has 0 aliphatic heterocycles. The Balaban J connectivity index is 0.00000307. The Morgan fingerprint density at radius 3 is 2.27 bits per heavy atom. The van der Waals surface area contributed by atoms with Crippen molar-refractivity contribution in [2.24, 2.45) is 0 Å². The molecule has 4 aromatic rings. The van der Waals surface area contributed by atoms with E-state index in [9.17, 15) is 0 Å². The first-order valence-electron chi connectivity index (χ1n) is 16.0. The lowest BCUT2D eigenvalue weighted by molar-refractivity contribution is 0.621. The van der Waals surface area contributed by atoms with E-state index in [1.807, 2.05) is 77.1 Å². The Morgan fingerprint density at radius 2 is 1.69 bits per heavy atom. The van der Waals surface area contributed by atoms with Gasteiger partial charge in [-0.15, -0.1) is 11.3 Å². The first kappa shape index (κ1) is 37.3. The third kappa shape index (κ3) is 8.78. The van der Waals surface area contributed by atoms with Gasteiger partial charge in [0.1, 0.15) is 11.6 Å². The molecule has 2 heterocycles. The van der Waals surface area contributed by atoms with Crippen molar-refractivity contribution in [3.05, 3.63) is 179 Å². The van der Waals surface area contributed by atoms with Crippen molar-refractivity contribution >= 4 is 39.3 Å². The Bertz CT molecular complexity index is 1900. The Labute approximate surface area is 290 Å². The maximum absolute atomic E-state index is 16.6. The molecule has 2 aromatic carbocycles. The molecule has 0 bridgehead atoms. The third-order valence-electron chi connectivity index (χ3n) is 7.45. The molecular formula is C42H47FN4S. The number of thiophene rings is 1. The normalized spacial score (nSPS) is 11.7. The molecule has 0 fully saturated rings. The summed E-state index contributed by atoms with van der Waals surface area (Å²) in [6, 6.07) is 17.8. The minimum atomic E-state index is -0.408. The van der Waals surface area contributed by atoms with E-state index in [2.05, 4.69) is 72.8 Å². The number of imidazole rings is 1. The molecule has 6 heteroatoms. The van der Waals surface area contributed by atoms with Gasteiger partial charge in [-0.3, -0.25) is 0 Å². The minimum absolute atomic E-state index is 0.338. The summed E-state index contributed by atoms with van der Waals surface area (Å²) in [4.78, 5) is 10.4. The molecule has 4 rings (SSSR count). The number of H-pyrrole nitrogens is 1. The van der Waals surface area contributed by atoms with Crippen molar-refractivity contribution in [3.63, 3.8) is 0 Å². The number of benzene rings is 2. The summed E-state index contributed by atoms with van der Waals surface area (Å²) in [5, 5.41) is 6.46. The number of aromatic amines is 1. The predicted octanol–water partition coefficient (Wildman–Crippen LogP) is 11.5. The molecule has 0 aliphatic carbocycles. The van der Waals surface area contributed by atoms with Gasteiger partial charge in [-0.1, -0.05) is 95.3 Å². The monoisotopic (exact) mass is 658 g/mol. The van der Waals surface area contributed by atoms with Gasteiger partial charge in [0.15, 0.2) is 0 Å². The zero-order valence-corrected chi connectivity index (χ0v) is 29.9. The highest BCUT2D eigenvalue weighted by atomic mass is 32.1. The Kier molecular flexibility index (Phi) is 13.7. The van der Waals surface area contributed by atoms with Crippen molar-refractivity contribution in [1.82, 2.24) is 15.3 Å². The summed E-state index contributed by atoms with van der Waals surface area (Å²) in [6.07, 6.45) is 9.78. The number of nitrogens with zero attached hydrogens (tertiary/aromatic N) is 1. The van der Waals surface area contributed by atoms with E-state index >= 15 is 4.39 Å². The van der Waals surface area contributed by atoms with Crippen molar-refractivity contribution in [3.8, 4) is 0 Å². The SMILES string of the molecule is C=C/C=C(/c1ccc(C(=C)C)s1)c1nc(C(=C)c2c(NC)ccc(C(/C=C(\C=C)NC(=C)Cc3ccccc3)=C/C)c2F)[nH]c1C.CC. The smallest absolute Gasteiger partial charge is 0.141 e. The van der Waals surface area contributed by atoms with Crippen molar-refractivity contribution < 1.29 is 4.39 Å². The fraction of sp³-hybridized carbons (Fsp3) is 0.167. The van der Waals surface area contributed by atoms with Crippen molar-refractivity contribution in [2.45, 2.75) is 41.0 Å². The summed E-state index contributed by atoms with van der Waals surface area (Å²) in [5.41, 5.74) is 8.65. The second-order valence-corrected chi connectivity index (χ2v) is 11.9. The third-order valence-corrected chi connectivity index (χ3v) is 8.73. The van der Waals surface area contributed by atoms with E-state index in [0.29, 0.717) is 45.9 Å². The molecular weight excluding hydrogens is 612 g/mol. The number of anilines is 1. The summed E-state index contributed by atoms with van der Waals surface area (Å²) in [5.74, 6) is 0.0736. The highest BCUT2D eigenvalue weighted by molar-refractivity contribution is 7.14. The second kappa shape index (κ2) is 17.6. The first-order valence-corrected chi connectivity index (χ1v) is 16.8. The van der Waals surface area contributed by atoms with Gasteiger partial charge in [-0.05, 0) is 73.9 Å². The number of aromatic nitrogens is 2. The van der Waals surface area contributed by atoms with E-state index in [1.165, 1.54) is 0 Å². The Morgan fingerprint density at radius 1 is 1.00 bits per heavy atom. The van der Waals surface area contributed by atoms with Crippen LogP contribution in [0.4, 0.5) is 10.1 Å². The highest BCUT2D eigenvalue weighted by Gasteiger charge is 2.22. The van der Waals surface area contributed by atoms with Gasteiger partial charge in [-0.2, -0.15) is 0 Å². The van der Waals surface area contributed by atoms with Crippen LogP contribution < -0.4 is 10.6 Å². The standard InChI is InChI=1S/C40H41FN4S.C2H6/c1-10-16-33(36-22-21-35(46-36)25(4)5)39-28(8)44-40(45-39)27(7)37-34(42-9)20-19-32(38(37)41)30(11-2)24-31(12-3)43-26(6)23-29-17-14-13-15-18-29;1-2/h10-22,24,42-43H,1,3-4,6-7,23H2,2,5,8-9H3,(H,44,45);1-2H3/b30-11+,31-24+,33-16-;. The summed E-state index contributed by atoms with van der Waals surface area (Å²) in [6.45, 7) is 30.3. The number of halogens is 1. The molecule has 2 aromatic heterocycles. The van der Waals surface area contributed by atoms with Crippen LogP contribution in [0.3, 0.4) is 0 Å². The molecule has 4 nitrogen and oxygen atoms in total. The van der Waals surface area contributed by atoms with Gasteiger partial charge in [0.05, 0.1) is 5.69 Å². The van der Waals surface area contributed by atoms with Crippen LogP contribution in [-0.4, -0.2) is 17.0 Å². The minimum Gasteiger partial charge on any atom is -0.388 e. The van der Waals surface area contributed by atoms with Crippen molar-refractivity contribution in [2.75, 3.05) is 12.4 Å². The molecule has 0 atom stereocenters. The van der Waals surface area contributed by atoms with Crippen LogP contribution in [0.15, 0.2) is 129 Å². The maximum atomic E-state index is 16.6. The number of hydrogen-bond acceptors (Lipinski definition) is 4. The number of nitrogens with one attached hydrogen (secondary N) is 3. The lowest BCUT2D eigenvalue weighted by Gasteiger charge is -2.16. The molecule has 0 saturated heterocycles. The maximum Gasteiger partial charge on any atom is 0.141 e. The predicted molar refractivity (Wildman–Crippen MR) is 209 cm³/mol. The summed E-state index contributed by atoms with van der Waals surface area (Å²) < 4.78 is 16.6. The summed E-state index contributed by atoms with van der Waals surface area (Å²) in [7, 11) is 1.76. The fourth-order valence-corrected chi connectivity index (χ4v) is 6.07. The first-order chi connectivity index (χ1) is 23.1. The van der Waals surface area contributed by atoms with Gasteiger partial charge < -0.3 is 15.6 Å². The van der Waals surface area contributed by atoms with Crippen LogP contribution >= 0.6 is 11.3 Å². The lowest BCUT2D eigenvalue weighted by atomic mass is 9.95. The molecule has 0 radical (unpaired) electrons. The van der Waals surface area contributed by atoms with E-state index in [-0.39, 0.29) is 0 Å².